The molecule has 0 spiro atoms. The molecule has 5 heteroatoms. The monoisotopic (exact) mass is 317 g/mol. The van der Waals surface area contributed by atoms with E-state index in [1.807, 2.05) is 6.07 Å². The van der Waals surface area contributed by atoms with E-state index < -0.39 is 0 Å². The van der Waals surface area contributed by atoms with Gasteiger partial charge in [0.2, 0.25) is 0 Å². The topological polar surface area (TPSA) is 61.7 Å². The van der Waals surface area contributed by atoms with Gasteiger partial charge in [0, 0.05) is 23.2 Å². The number of phenols is 1. The first-order valence-electron chi connectivity index (χ1n) is 5.95. The summed E-state index contributed by atoms with van der Waals surface area (Å²) in [5.41, 5.74) is 0.789. The summed E-state index contributed by atoms with van der Waals surface area (Å²) in [5.74, 6) is 1.04. The fraction of sp³-hybridized carbons (Fsp3) is 0.538. The molecule has 0 radical (unpaired) electrons. The Morgan fingerprint density at radius 3 is 2.78 bits per heavy atom. The van der Waals surface area contributed by atoms with E-state index >= 15 is 0 Å². The summed E-state index contributed by atoms with van der Waals surface area (Å²) < 4.78 is 5.96. The largest absolute Gasteiger partial charge is 0.504 e. The molecule has 1 aromatic carbocycles. The number of rotatable bonds is 7. The molecule has 1 rings (SSSR count). The van der Waals surface area contributed by atoms with Gasteiger partial charge in [-0.2, -0.15) is 0 Å². The Morgan fingerprint density at radius 1 is 1.44 bits per heavy atom. The number of ether oxygens (including phenoxy) is 1. The molecule has 0 aliphatic heterocycles. The number of nitrogens with one attached hydrogen (secondary N) is 1. The molecule has 102 valence electrons. The van der Waals surface area contributed by atoms with Crippen LogP contribution in [0.4, 0.5) is 0 Å². The standard InChI is InChI=1S/C13H20BrNO3/c1-9(3-4-16)7-15-8-10-5-11(14)6-12(18-2)13(10)17/h5-6,9,15-17H,3-4,7-8H2,1-2H3. The van der Waals surface area contributed by atoms with Crippen molar-refractivity contribution in [3.05, 3.63) is 22.2 Å². The summed E-state index contributed by atoms with van der Waals surface area (Å²) in [5, 5.41) is 22.0. The lowest BCUT2D eigenvalue weighted by Gasteiger charge is -2.13. The maximum Gasteiger partial charge on any atom is 0.162 e. The average molecular weight is 318 g/mol. The van der Waals surface area contributed by atoms with Gasteiger partial charge in [0.1, 0.15) is 0 Å². The quantitative estimate of drug-likeness (QED) is 0.722. The van der Waals surface area contributed by atoms with Crippen molar-refractivity contribution in [1.29, 1.82) is 0 Å². The van der Waals surface area contributed by atoms with Crippen molar-refractivity contribution in [3.8, 4) is 11.5 Å². The minimum absolute atomic E-state index is 0.169. The molecule has 18 heavy (non-hydrogen) atoms. The van der Waals surface area contributed by atoms with Gasteiger partial charge >= 0.3 is 0 Å². The van der Waals surface area contributed by atoms with Crippen molar-refractivity contribution in [1.82, 2.24) is 5.32 Å². The van der Waals surface area contributed by atoms with Crippen LogP contribution >= 0.6 is 15.9 Å². The van der Waals surface area contributed by atoms with Crippen LogP contribution in [0.1, 0.15) is 18.9 Å². The number of aliphatic hydroxyl groups excluding tert-OH is 1. The molecule has 0 aliphatic carbocycles. The van der Waals surface area contributed by atoms with E-state index in [2.05, 4.69) is 28.2 Å². The van der Waals surface area contributed by atoms with Crippen molar-refractivity contribution in [2.24, 2.45) is 5.92 Å². The van der Waals surface area contributed by atoms with Gasteiger partial charge in [0.25, 0.3) is 0 Å². The molecule has 1 aromatic rings. The molecule has 1 atom stereocenters. The minimum Gasteiger partial charge on any atom is -0.504 e. The summed E-state index contributed by atoms with van der Waals surface area (Å²) >= 11 is 3.38. The number of phenolic OH excluding ortho intramolecular Hbond substituents is 1. The minimum atomic E-state index is 0.169. The van der Waals surface area contributed by atoms with E-state index in [0.29, 0.717) is 18.2 Å². The number of benzene rings is 1. The molecule has 0 fully saturated rings. The smallest absolute Gasteiger partial charge is 0.162 e. The second kappa shape index (κ2) is 7.61. The molecule has 3 N–H and O–H groups in total. The molecule has 4 nitrogen and oxygen atoms in total. The lowest BCUT2D eigenvalue weighted by Crippen LogP contribution is -2.21. The number of halogens is 1. The average Bonchev–Trinajstić information content (AvgIpc) is 2.33. The molecule has 0 aromatic heterocycles. The van der Waals surface area contributed by atoms with Crippen LogP contribution in [-0.4, -0.2) is 30.5 Å². The summed E-state index contributed by atoms with van der Waals surface area (Å²) in [6.07, 6.45) is 0.779. The lowest BCUT2D eigenvalue weighted by molar-refractivity contribution is 0.260. The highest BCUT2D eigenvalue weighted by Crippen LogP contribution is 2.33. The van der Waals surface area contributed by atoms with Crippen molar-refractivity contribution < 1.29 is 14.9 Å². The van der Waals surface area contributed by atoms with Crippen LogP contribution < -0.4 is 10.1 Å². The zero-order valence-electron chi connectivity index (χ0n) is 10.7. The maximum absolute atomic E-state index is 9.96. The Balaban J connectivity index is 2.59. The van der Waals surface area contributed by atoms with Crippen molar-refractivity contribution in [2.45, 2.75) is 19.9 Å². The van der Waals surface area contributed by atoms with Gasteiger partial charge in [-0.1, -0.05) is 22.9 Å². The van der Waals surface area contributed by atoms with Crippen LogP contribution in [0.25, 0.3) is 0 Å². The Kier molecular flexibility index (Phi) is 6.46. The molecule has 0 saturated heterocycles. The molecule has 0 aliphatic rings. The summed E-state index contributed by atoms with van der Waals surface area (Å²) in [6, 6.07) is 3.59. The third kappa shape index (κ3) is 4.48. The van der Waals surface area contributed by atoms with Gasteiger partial charge in [-0.05, 0) is 31.0 Å². The molecule has 0 saturated carbocycles. The predicted molar refractivity (Wildman–Crippen MR) is 74.9 cm³/mol. The zero-order valence-corrected chi connectivity index (χ0v) is 12.3. The number of aliphatic hydroxyl groups is 1. The SMILES string of the molecule is COc1cc(Br)cc(CNCC(C)CCO)c1O. The Hall–Kier alpha value is -0.780. The fourth-order valence-corrected chi connectivity index (χ4v) is 2.18. The summed E-state index contributed by atoms with van der Waals surface area (Å²) in [6.45, 7) is 3.65. The second-order valence-electron chi connectivity index (χ2n) is 4.36. The van der Waals surface area contributed by atoms with Crippen LogP contribution in [0.2, 0.25) is 0 Å². The molecular formula is C13H20BrNO3. The third-order valence-corrected chi connectivity index (χ3v) is 3.23. The van der Waals surface area contributed by atoms with Gasteiger partial charge < -0.3 is 20.3 Å². The van der Waals surface area contributed by atoms with E-state index in [0.717, 1.165) is 23.0 Å². The van der Waals surface area contributed by atoms with Gasteiger partial charge in [-0.3, -0.25) is 0 Å². The highest BCUT2D eigenvalue weighted by atomic mass is 79.9. The van der Waals surface area contributed by atoms with Crippen LogP contribution in [0, 0.1) is 5.92 Å². The number of aromatic hydroxyl groups is 1. The summed E-state index contributed by atoms with van der Waals surface area (Å²) in [4.78, 5) is 0. The molecule has 0 amide bonds. The van der Waals surface area contributed by atoms with Crippen molar-refractivity contribution in [3.63, 3.8) is 0 Å². The van der Waals surface area contributed by atoms with Crippen LogP contribution in [0.15, 0.2) is 16.6 Å². The normalized spacial score (nSPS) is 12.4. The van der Waals surface area contributed by atoms with Gasteiger partial charge in [-0.25, -0.2) is 0 Å². The fourth-order valence-electron chi connectivity index (χ4n) is 1.69. The van der Waals surface area contributed by atoms with Crippen LogP contribution in [-0.2, 0) is 6.54 Å². The number of hydrogen-bond donors (Lipinski definition) is 3. The van der Waals surface area contributed by atoms with Crippen molar-refractivity contribution >= 4 is 15.9 Å². The van der Waals surface area contributed by atoms with Gasteiger partial charge in [0.05, 0.1) is 7.11 Å². The van der Waals surface area contributed by atoms with E-state index in [1.54, 1.807) is 6.07 Å². The van der Waals surface area contributed by atoms with Gasteiger partial charge in [-0.15, -0.1) is 0 Å². The first-order valence-corrected chi connectivity index (χ1v) is 6.74. The molecule has 0 bridgehead atoms. The van der Waals surface area contributed by atoms with E-state index in [9.17, 15) is 5.11 Å². The lowest BCUT2D eigenvalue weighted by atomic mass is 10.1. The van der Waals surface area contributed by atoms with Gasteiger partial charge in [0.15, 0.2) is 11.5 Å². The Labute approximate surface area is 116 Å². The first kappa shape index (κ1) is 15.3. The summed E-state index contributed by atoms with van der Waals surface area (Å²) in [7, 11) is 1.53. The maximum atomic E-state index is 9.96. The third-order valence-electron chi connectivity index (χ3n) is 2.77. The van der Waals surface area contributed by atoms with E-state index in [4.69, 9.17) is 9.84 Å². The van der Waals surface area contributed by atoms with E-state index in [1.165, 1.54) is 7.11 Å². The molecule has 1 unspecified atom stereocenters. The zero-order chi connectivity index (χ0) is 13.5. The van der Waals surface area contributed by atoms with Crippen LogP contribution in [0.5, 0.6) is 11.5 Å². The number of methoxy groups -OCH3 is 1. The second-order valence-corrected chi connectivity index (χ2v) is 5.28. The van der Waals surface area contributed by atoms with Crippen LogP contribution in [0.3, 0.4) is 0 Å². The van der Waals surface area contributed by atoms with Crippen molar-refractivity contribution in [2.75, 3.05) is 20.3 Å². The molecular weight excluding hydrogens is 298 g/mol. The Morgan fingerprint density at radius 2 is 2.17 bits per heavy atom. The highest BCUT2D eigenvalue weighted by molar-refractivity contribution is 9.10. The van der Waals surface area contributed by atoms with E-state index in [-0.39, 0.29) is 12.4 Å². The predicted octanol–water partition coefficient (Wildman–Crippen LogP) is 2.27. The molecule has 0 heterocycles. The highest BCUT2D eigenvalue weighted by Gasteiger charge is 2.10. The Bertz CT molecular complexity index is 385. The first-order chi connectivity index (χ1) is 8.58. The number of hydrogen-bond acceptors (Lipinski definition) is 4.